The van der Waals surface area contributed by atoms with Crippen LogP contribution < -0.4 is 5.73 Å². The van der Waals surface area contributed by atoms with Crippen LogP contribution in [0, 0.1) is 11.3 Å². The lowest BCUT2D eigenvalue weighted by Gasteiger charge is -2.53. The van der Waals surface area contributed by atoms with E-state index in [0.717, 1.165) is 38.9 Å². The molecule has 3 aromatic rings. The standard InChI is InChI=1S/C29H32N2O/c1-29-18-25-11-6-5-10-22(25)17-27(29)26(23-12-7-13-24(16-23)28(30)32)19-31(20-29)15-14-21-8-3-2-4-9-21/h2-13,16,26-27H,14-15,17-20H2,1H3,(H2,30,32)/t26-,27?,29?/m1/s1. The summed E-state index contributed by atoms with van der Waals surface area (Å²) >= 11 is 0. The van der Waals surface area contributed by atoms with E-state index in [0.29, 0.717) is 17.4 Å². The minimum absolute atomic E-state index is 0.205. The summed E-state index contributed by atoms with van der Waals surface area (Å²) in [6, 6.07) is 27.8. The second-order valence-electron chi connectivity index (χ2n) is 9.98. The van der Waals surface area contributed by atoms with Crippen molar-refractivity contribution in [2.24, 2.45) is 17.1 Å². The molecule has 1 saturated heterocycles. The van der Waals surface area contributed by atoms with E-state index in [-0.39, 0.29) is 11.3 Å². The summed E-state index contributed by atoms with van der Waals surface area (Å²) in [5.41, 5.74) is 12.1. The molecule has 3 atom stereocenters. The molecule has 0 aromatic heterocycles. The average molecular weight is 425 g/mol. The van der Waals surface area contributed by atoms with Gasteiger partial charge < -0.3 is 10.6 Å². The highest BCUT2D eigenvalue weighted by Crippen LogP contribution is 2.50. The van der Waals surface area contributed by atoms with Crippen molar-refractivity contribution in [2.45, 2.75) is 32.1 Å². The third-order valence-corrected chi connectivity index (χ3v) is 7.73. The number of amides is 1. The Labute approximate surface area is 191 Å². The van der Waals surface area contributed by atoms with Gasteiger partial charge in [-0.25, -0.2) is 0 Å². The first-order valence-electron chi connectivity index (χ1n) is 11.7. The first kappa shape index (κ1) is 21.0. The zero-order valence-corrected chi connectivity index (χ0v) is 18.8. The number of piperidine rings is 1. The van der Waals surface area contributed by atoms with Gasteiger partial charge in [-0.3, -0.25) is 4.79 Å². The van der Waals surface area contributed by atoms with Gasteiger partial charge in [0, 0.05) is 31.1 Å². The molecule has 1 aliphatic carbocycles. The molecule has 5 rings (SSSR count). The molecule has 2 aliphatic rings. The molecular formula is C29H32N2O. The molecule has 2 N–H and O–H groups in total. The quantitative estimate of drug-likeness (QED) is 0.636. The van der Waals surface area contributed by atoms with Crippen molar-refractivity contribution in [1.82, 2.24) is 4.90 Å². The third kappa shape index (κ3) is 4.10. The largest absolute Gasteiger partial charge is 0.366 e. The molecule has 3 aromatic carbocycles. The van der Waals surface area contributed by atoms with E-state index in [2.05, 4.69) is 72.5 Å². The van der Waals surface area contributed by atoms with Gasteiger partial charge in [-0.05, 0) is 65.0 Å². The molecule has 32 heavy (non-hydrogen) atoms. The molecule has 0 bridgehead atoms. The van der Waals surface area contributed by atoms with Crippen molar-refractivity contribution in [3.05, 3.63) is 107 Å². The summed E-state index contributed by atoms with van der Waals surface area (Å²) in [6.45, 7) is 5.68. The highest BCUT2D eigenvalue weighted by molar-refractivity contribution is 5.92. The number of rotatable bonds is 5. The number of nitrogens with two attached hydrogens (primary N) is 1. The highest BCUT2D eigenvalue weighted by Gasteiger charge is 2.47. The van der Waals surface area contributed by atoms with E-state index in [9.17, 15) is 4.79 Å². The summed E-state index contributed by atoms with van der Waals surface area (Å²) in [7, 11) is 0. The number of nitrogens with zero attached hydrogens (tertiary/aromatic N) is 1. The van der Waals surface area contributed by atoms with Crippen LogP contribution in [0.3, 0.4) is 0 Å². The van der Waals surface area contributed by atoms with Crippen LogP contribution in [-0.4, -0.2) is 30.4 Å². The molecule has 0 saturated carbocycles. The van der Waals surface area contributed by atoms with Crippen LogP contribution in [0.2, 0.25) is 0 Å². The van der Waals surface area contributed by atoms with Gasteiger partial charge in [0.1, 0.15) is 0 Å². The molecule has 1 fully saturated rings. The van der Waals surface area contributed by atoms with Crippen LogP contribution in [0.15, 0.2) is 78.9 Å². The smallest absolute Gasteiger partial charge is 0.248 e. The van der Waals surface area contributed by atoms with Gasteiger partial charge in [-0.2, -0.15) is 0 Å². The minimum Gasteiger partial charge on any atom is -0.366 e. The topological polar surface area (TPSA) is 46.3 Å². The lowest BCUT2D eigenvalue weighted by atomic mass is 9.58. The monoisotopic (exact) mass is 424 g/mol. The zero-order chi connectivity index (χ0) is 22.1. The van der Waals surface area contributed by atoms with Crippen molar-refractivity contribution in [1.29, 1.82) is 0 Å². The van der Waals surface area contributed by atoms with Gasteiger partial charge >= 0.3 is 0 Å². The number of benzene rings is 3. The number of carbonyl (C=O) groups is 1. The predicted octanol–water partition coefficient (Wildman–Crippen LogP) is 4.85. The molecule has 2 unspecified atom stereocenters. The number of primary amides is 1. The minimum atomic E-state index is -0.347. The Bertz CT molecular complexity index is 1110. The summed E-state index contributed by atoms with van der Waals surface area (Å²) in [4.78, 5) is 14.5. The molecule has 3 nitrogen and oxygen atoms in total. The van der Waals surface area contributed by atoms with E-state index in [1.54, 1.807) is 0 Å². The number of carbonyl (C=O) groups excluding carboxylic acids is 1. The molecule has 0 spiro atoms. The van der Waals surface area contributed by atoms with Crippen LogP contribution in [0.4, 0.5) is 0 Å². The Balaban J connectivity index is 1.48. The summed E-state index contributed by atoms with van der Waals surface area (Å²) in [5, 5.41) is 0. The SMILES string of the molecule is CC12Cc3ccccc3CC1[C@@H](c1cccc(C(N)=O)c1)CN(CCc1ccccc1)C2. The van der Waals surface area contributed by atoms with Crippen LogP contribution >= 0.6 is 0 Å². The van der Waals surface area contributed by atoms with Crippen LogP contribution in [0.25, 0.3) is 0 Å². The Hall–Kier alpha value is -2.91. The van der Waals surface area contributed by atoms with Crippen molar-refractivity contribution in [2.75, 3.05) is 19.6 Å². The van der Waals surface area contributed by atoms with Crippen LogP contribution in [0.1, 0.15) is 45.5 Å². The van der Waals surface area contributed by atoms with Crippen molar-refractivity contribution in [3.63, 3.8) is 0 Å². The van der Waals surface area contributed by atoms with E-state index < -0.39 is 0 Å². The van der Waals surface area contributed by atoms with E-state index >= 15 is 0 Å². The number of hydrogen-bond donors (Lipinski definition) is 1. The number of hydrogen-bond acceptors (Lipinski definition) is 2. The summed E-state index contributed by atoms with van der Waals surface area (Å²) < 4.78 is 0. The fraction of sp³-hybridized carbons (Fsp3) is 0.345. The van der Waals surface area contributed by atoms with E-state index in [4.69, 9.17) is 5.73 Å². The fourth-order valence-electron chi connectivity index (χ4n) is 6.12. The van der Waals surface area contributed by atoms with Gasteiger partial charge in [0.05, 0.1) is 0 Å². The molecule has 3 heteroatoms. The van der Waals surface area contributed by atoms with Crippen molar-refractivity contribution in [3.8, 4) is 0 Å². The molecule has 0 radical (unpaired) electrons. The highest BCUT2D eigenvalue weighted by atomic mass is 16.1. The van der Waals surface area contributed by atoms with Gasteiger partial charge in [-0.1, -0.05) is 73.7 Å². The Morgan fingerprint density at radius 1 is 1.00 bits per heavy atom. The van der Waals surface area contributed by atoms with E-state index in [1.165, 1.54) is 22.3 Å². The number of likely N-dealkylation sites (tertiary alicyclic amines) is 1. The van der Waals surface area contributed by atoms with Crippen molar-refractivity contribution >= 4 is 5.91 Å². The van der Waals surface area contributed by atoms with Gasteiger partial charge in [0.15, 0.2) is 0 Å². The first-order valence-corrected chi connectivity index (χ1v) is 11.7. The molecule has 164 valence electrons. The second kappa shape index (κ2) is 8.55. The fourth-order valence-corrected chi connectivity index (χ4v) is 6.12. The molecular weight excluding hydrogens is 392 g/mol. The van der Waals surface area contributed by atoms with Crippen LogP contribution in [0.5, 0.6) is 0 Å². The lowest BCUT2D eigenvalue weighted by molar-refractivity contribution is 0.0155. The Kier molecular flexibility index (Phi) is 5.60. The number of fused-ring (bicyclic) bond motifs is 2. The maximum Gasteiger partial charge on any atom is 0.248 e. The van der Waals surface area contributed by atoms with E-state index in [1.807, 2.05) is 18.2 Å². The zero-order valence-electron chi connectivity index (χ0n) is 18.8. The normalized spacial score (nSPS) is 25.0. The maximum atomic E-state index is 11.9. The Morgan fingerprint density at radius 2 is 1.75 bits per heavy atom. The van der Waals surface area contributed by atoms with Crippen LogP contribution in [-0.2, 0) is 19.3 Å². The Morgan fingerprint density at radius 3 is 2.53 bits per heavy atom. The average Bonchev–Trinajstić information content (AvgIpc) is 2.81. The molecule has 1 amide bonds. The predicted molar refractivity (Wildman–Crippen MR) is 130 cm³/mol. The van der Waals surface area contributed by atoms with Gasteiger partial charge in [0.2, 0.25) is 5.91 Å². The summed E-state index contributed by atoms with van der Waals surface area (Å²) in [5.74, 6) is 0.589. The van der Waals surface area contributed by atoms with Crippen molar-refractivity contribution < 1.29 is 4.79 Å². The second-order valence-corrected chi connectivity index (χ2v) is 9.98. The van der Waals surface area contributed by atoms with Gasteiger partial charge in [0.25, 0.3) is 0 Å². The molecule has 1 aliphatic heterocycles. The van der Waals surface area contributed by atoms with Gasteiger partial charge in [-0.15, -0.1) is 0 Å². The first-order chi connectivity index (χ1) is 15.5. The third-order valence-electron chi connectivity index (χ3n) is 7.73. The maximum absolute atomic E-state index is 11.9. The summed E-state index contributed by atoms with van der Waals surface area (Å²) in [6.07, 6.45) is 3.28. The molecule has 1 heterocycles. The lowest BCUT2D eigenvalue weighted by Crippen LogP contribution is -2.54.